The maximum atomic E-state index is 14.3. The number of nitrogens with one attached hydrogen (secondary N) is 4. The monoisotopic (exact) mass is 663 g/mol. The van der Waals surface area contributed by atoms with Crippen LogP contribution in [0.2, 0.25) is 0 Å². The van der Waals surface area contributed by atoms with E-state index >= 15 is 0 Å². The van der Waals surface area contributed by atoms with Crippen LogP contribution in [0.25, 0.3) is 11.3 Å². The quantitative estimate of drug-likeness (QED) is 0.105. The number of fused-ring (bicyclic) bond motifs is 3. The van der Waals surface area contributed by atoms with Crippen LogP contribution in [0.15, 0.2) is 36.7 Å². The third-order valence-corrected chi connectivity index (χ3v) is 9.66. The fourth-order valence-corrected chi connectivity index (χ4v) is 7.45. The molecule has 12 heteroatoms. The molecule has 0 saturated carbocycles. The molecule has 1 atom stereocenters. The number of nitrogens with zero attached hydrogens (tertiary/aromatic N) is 1. The van der Waals surface area contributed by atoms with Crippen LogP contribution in [-0.4, -0.2) is 33.5 Å². The Morgan fingerprint density at radius 2 is 2.19 bits per heavy atom. The number of aromatic nitrogens is 2. The number of amides is 1. The minimum atomic E-state index is -1.10. The number of H-pyrrole nitrogens is 1. The van der Waals surface area contributed by atoms with E-state index in [4.69, 9.17) is 7.80 Å². The zero-order valence-corrected chi connectivity index (χ0v) is 20.8. The average Bonchev–Trinajstić information content (AvgIpc) is 3.16. The SMILES string of the molecule is COc1c(F)cccc1Nc1c2[nH]c3c1C(=O)NCC3[I-]OC(=O)[I-]Nc1cnccc1-2. The van der Waals surface area contributed by atoms with Crippen LogP contribution in [-0.2, 0) is 3.07 Å². The number of benzene rings is 1. The molecule has 1 aromatic carbocycles. The van der Waals surface area contributed by atoms with E-state index < -0.39 is 48.9 Å². The van der Waals surface area contributed by atoms with Crippen LogP contribution in [0.1, 0.15) is 20.0 Å². The molecule has 4 N–H and O–H groups in total. The number of halogens is 3. The van der Waals surface area contributed by atoms with Gasteiger partial charge in [0, 0.05) is 0 Å². The van der Waals surface area contributed by atoms with Gasteiger partial charge in [-0.2, -0.15) is 0 Å². The van der Waals surface area contributed by atoms with Gasteiger partial charge in [-0.3, -0.25) is 0 Å². The summed E-state index contributed by atoms with van der Waals surface area (Å²) in [6.07, 6.45) is 3.26. The van der Waals surface area contributed by atoms with Crippen LogP contribution < -0.4 is 62.0 Å². The van der Waals surface area contributed by atoms with Gasteiger partial charge in [-0.05, 0) is 0 Å². The second kappa shape index (κ2) is 8.73. The Morgan fingerprint density at radius 3 is 3.03 bits per heavy atom. The van der Waals surface area contributed by atoms with E-state index in [1.54, 1.807) is 30.6 Å². The van der Waals surface area contributed by atoms with Gasteiger partial charge in [0.15, 0.2) is 0 Å². The molecule has 1 amide bonds. The fraction of sp³-hybridized carbons (Fsp3) is 0.150. The molecule has 1 unspecified atom stereocenters. The van der Waals surface area contributed by atoms with E-state index in [0.29, 0.717) is 40.6 Å². The normalized spacial score (nSPS) is 17.8. The van der Waals surface area contributed by atoms with E-state index in [0.717, 1.165) is 5.56 Å². The Kier molecular flexibility index (Phi) is 5.79. The van der Waals surface area contributed by atoms with Gasteiger partial charge in [-0.15, -0.1) is 0 Å². The van der Waals surface area contributed by atoms with Gasteiger partial charge < -0.3 is 0 Å². The van der Waals surface area contributed by atoms with Crippen molar-refractivity contribution in [3.8, 4) is 17.0 Å². The van der Waals surface area contributed by atoms with Crippen molar-refractivity contribution in [2.24, 2.45) is 0 Å². The van der Waals surface area contributed by atoms with Gasteiger partial charge in [-0.1, -0.05) is 0 Å². The number of rotatable bonds is 3. The molecule has 5 rings (SSSR count). The molecule has 0 radical (unpaired) electrons. The van der Waals surface area contributed by atoms with Crippen LogP contribution in [0.4, 0.5) is 26.2 Å². The first-order valence-corrected chi connectivity index (χ1v) is 13.7. The zero-order chi connectivity index (χ0) is 22.2. The Hall–Kier alpha value is -2.62. The van der Waals surface area contributed by atoms with Crippen molar-refractivity contribution in [1.82, 2.24) is 15.3 Å². The summed E-state index contributed by atoms with van der Waals surface area (Å²) in [6.45, 7) is 0.379. The van der Waals surface area contributed by atoms with E-state index in [1.165, 1.54) is 13.2 Å². The molecule has 2 bridgehead atoms. The van der Waals surface area contributed by atoms with Crippen molar-refractivity contribution in [3.05, 3.63) is 53.7 Å². The van der Waals surface area contributed by atoms with Crippen molar-refractivity contribution in [2.45, 2.75) is 3.92 Å². The summed E-state index contributed by atoms with van der Waals surface area (Å²) < 4.78 is 27.9. The summed E-state index contributed by atoms with van der Waals surface area (Å²) in [6, 6.07) is 6.34. The Morgan fingerprint density at radius 1 is 1.31 bits per heavy atom. The first-order chi connectivity index (χ1) is 15.6. The fourth-order valence-electron chi connectivity index (χ4n) is 3.60. The number of alkyl halides is 1. The van der Waals surface area contributed by atoms with Gasteiger partial charge in [-0.25, -0.2) is 0 Å². The molecule has 4 heterocycles. The third kappa shape index (κ3) is 3.74. The second-order valence-electron chi connectivity index (χ2n) is 6.80. The average molecular weight is 663 g/mol. The molecule has 2 aliphatic heterocycles. The number of hydrogen-bond acceptors (Lipinski definition) is 7. The summed E-state index contributed by atoms with van der Waals surface area (Å²) in [5, 5.41) is 6.11. The van der Waals surface area contributed by atoms with Crippen molar-refractivity contribution in [2.75, 3.05) is 22.5 Å². The van der Waals surface area contributed by atoms with Gasteiger partial charge in [0.2, 0.25) is 0 Å². The summed E-state index contributed by atoms with van der Waals surface area (Å²) in [5.74, 6) is -0.739. The summed E-state index contributed by atoms with van der Waals surface area (Å²) in [7, 11) is 1.39. The van der Waals surface area contributed by atoms with E-state index in [9.17, 15) is 14.0 Å². The number of para-hydroxylation sites is 1. The number of anilines is 3. The molecule has 0 aliphatic carbocycles. The molecule has 168 valence electrons. The van der Waals surface area contributed by atoms with Crippen LogP contribution in [0.5, 0.6) is 5.75 Å². The topological polar surface area (TPSA) is 117 Å². The minimum absolute atomic E-state index is 0.0441. The number of carbonyl (C=O) groups is 2. The van der Waals surface area contributed by atoms with Gasteiger partial charge in [0.25, 0.3) is 0 Å². The number of ether oxygens (including phenoxy) is 1. The van der Waals surface area contributed by atoms with E-state index in [2.05, 4.69) is 24.1 Å². The predicted octanol–water partition coefficient (Wildman–Crippen LogP) is -2.68. The molecular weight excluding hydrogens is 647 g/mol. The van der Waals surface area contributed by atoms with Crippen molar-refractivity contribution < 1.29 is 64.9 Å². The summed E-state index contributed by atoms with van der Waals surface area (Å²) >= 11 is -2.12. The molecule has 2 aromatic heterocycles. The van der Waals surface area contributed by atoms with E-state index in [-0.39, 0.29) is 19.6 Å². The first-order valence-electron chi connectivity index (χ1n) is 9.39. The second-order valence-corrected chi connectivity index (χ2v) is 11.2. The van der Waals surface area contributed by atoms with E-state index in [1.807, 2.05) is 0 Å². The van der Waals surface area contributed by atoms with Crippen molar-refractivity contribution >= 4 is 26.9 Å². The summed E-state index contributed by atoms with van der Waals surface area (Å²) in [5.41, 5.74) is 4.00. The van der Waals surface area contributed by atoms with Crippen molar-refractivity contribution in [1.29, 1.82) is 0 Å². The Balaban J connectivity index is 1.74. The Labute approximate surface area is 203 Å². The molecule has 0 fully saturated rings. The Bertz CT molecular complexity index is 1230. The molecule has 0 spiro atoms. The van der Waals surface area contributed by atoms with Gasteiger partial charge >= 0.3 is 204 Å². The number of carbonyl (C=O) groups excluding carboxylic acids is 2. The molecule has 9 nitrogen and oxygen atoms in total. The maximum absolute atomic E-state index is 14.3. The first kappa shape index (κ1) is 21.2. The van der Waals surface area contributed by atoms with Crippen molar-refractivity contribution in [3.63, 3.8) is 0 Å². The number of hydrogen-bond donors (Lipinski definition) is 4. The van der Waals surface area contributed by atoms with Crippen LogP contribution >= 0.6 is 0 Å². The van der Waals surface area contributed by atoms with Crippen LogP contribution in [0, 0.1) is 5.82 Å². The molecule has 2 aliphatic rings. The molecular formula is C20H16FI2N5O4-2. The molecule has 3 aromatic rings. The predicted molar refractivity (Wildman–Crippen MR) is 105 cm³/mol. The number of aromatic amines is 1. The van der Waals surface area contributed by atoms with Gasteiger partial charge in [0.1, 0.15) is 0 Å². The molecule has 32 heavy (non-hydrogen) atoms. The number of pyridine rings is 1. The summed E-state index contributed by atoms with van der Waals surface area (Å²) in [4.78, 5) is 32.7. The zero-order valence-electron chi connectivity index (χ0n) is 16.5. The third-order valence-electron chi connectivity index (χ3n) is 4.97. The standard InChI is InChI=1S/C20H16FI2N5O4/c1-31-18-10(21)3-2-4-12(18)26-17-14-16-11(7-25-19(14)29)23-32-20(30)22-28-13-8-24-6-5-9(13)15(17)27-16/h2-6,8,11,26-28H,7H2,1H3,(H,25,29)/q-2. The van der Waals surface area contributed by atoms with Gasteiger partial charge in [0.05, 0.1) is 0 Å². The number of methoxy groups -OCH3 is 1. The van der Waals surface area contributed by atoms with Crippen LogP contribution in [0.3, 0.4) is 0 Å². The molecule has 0 saturated heterocycles.